The molecule has 3 aromatic rings. The number of hydrogen-bond acceptors (Lipinski definition) is 4. The second-order valence-electron chi connectivity index (χ2n) is 7.20. The number of hydrogen-bond donors (Lipinski definition) is 2. The highest BCUT2D eigenvalue weighted by molar-refractivity contribution is 6.09. The first kappa shape index (κ1) is 20.2. The number of carboxylic acids is 1. The number of benzene rings is 2. The van der Waals surface area contributed by atoms with Crippen LogP contribution in [0.4, 0.5) is 10.1 Å². The van der Waals surface area contributed by atoms with Gasteiger partial charge >= 0.3 is 5.97 Å². The van der Waals surface area contributed by atoms with Gasteiger partial charge in [-0.3, -0.25) is 14.6 Å². The van der Waals surface area contributed by atoms with Gasteiger partial charge in [-0.15, -0.1) is 0 Å². The molecular weight excluding hydrogens is 401 g/mol. The maximum atomic E-state index is 13.7. The molecule has 1 aliphatic heterocycles. The molecule has 1 unspecified atom stereocenters. The molecule has 2 heterocycles. The number of carbonyl (C=O) groups excluding carboxylic acids is 2. The van der Waals surface area contributed by atoms with E-state index in [1.165, 1.54) is 29.2 Å². The van der Waals surface area contributed by atoms with E-state index in [4.69, 9.17) is 5.11 Å². The van der Waals surface area contributed by atoms with Crippen molar-refractivity contribution in [1.82, 2.24) is 9.88 Å². The maximum absolute atomic E-state index is 13.7. The third-order valence-electron chi connectivity index (χ3n) is 5.12. The summed E-state index contributed by atoms with van der Waals surface area (Å²) in [5.74, 6) is -2.48. The number of anilines is 1. The van der Waals surface area contributed by atoms with Crippen LogP contribution in [0.3, 0.4) is 0 Å². The van der Waals surface area contributed by atoms with E-state index in [1.807, 2.05) is 6.07 Å². The fraction of sp³-hybridized carbons (Fsp3) is 0.130. The lowest BCUT2D eigenvalue weighted by Crippen LogP contribution is -2.46. The molecule has 31 heavy (non-hydrogen) atoms. The summed E-state index contributed by atoms with van der Waals surface area (Å²) in [4.78, 5) is 43.0. The van der Waals surface area contributed by atoms with Gasteiger partial charge < -0.3 is 15.3 Å². The Labute approximate surface area is 177 Å². The summed E-state index contributed by atoms with van der Waals surface area (Å²) in [5, 5.41) is 11.8. The van der Waals surface area contributed by atoms with E-state index in [2.05, 4.69) is 10.3 Å². The second kappa shape index (κ2) is 8.35. The van der Waals surface area contributed by atoms with Crippen molar-refractivity contribution in [2.24, 2.45) is 0 Å². The van der Waals surface area contributed by atoms with E-state index >= 15 is 0 Å². The minimum absolute atomic E-state index is 0.0773. The predicted molar refractivity (Wildman–Crippen MR) is 110 cm³/mol. The van der Waals surface area contributed by atoms with Gasteiger partial charge in [-0.25, -0.2) is 9.18 Å². The van der Waals surface area contributed by atoms with Crippen LogP contribution in [0.5, 0.6) is 0 Å². The fourth-order valence-corrected chi connectivity index (χ4v) is 3.54. The summed E-state index contributed by atoms with van der Waals surface area (Å²) in [6, 6.07) is 12.4. The highest BCUT2D eigenvalue weighted by Gasteiger charge is 2.35. The molecule has 0 fully saturated rings. The zero-order chi connectivity index (χ0) is 22.0. The molecule has 2 aromatic carbocycles. The number of fused-ring (bicyclic) bond motifs is 1. The van der Waals surface area contributed by atoms with Gasteiger partial charge in [-0.05, 0) is 47.5 Å². The molecular formula is C23H18FN3O4. The molecule has 0 saturated heterocycles. The minimum atomic E-state index is -1.05. The van der Waals surface area contributed by atoms with Gasteiger partial charge in [0.2, 0.25) is 5.91 Å². The highest BCUT2D eigenvalue weighted by atomic mass is 19.1. The molecule has 1 aliphatic rings. The van der Waals surface area contributed by atoms with Crippen molar-refractivity contribution >= 4 is 23.5 Å². The van der Waals surface area contributed by atoms with Crippen molar-refractivity contribution in [2.45, 2.75) is 19.0 Å². The zero-order valence-corrected chi connectivity index (χ0v) is 16.3. The van der Waals surface area contributed by atoms with E-state index in [-0.39, 0.29) is 29.8 Å². The molecule has 1 atom stereocenters. The van der Waals surface area contributed by atoms with Gasteiger partial charge in [0.05, 0.1) is 16.8 Å². The van der Waals surface area contributed by atoms with Crippen LogP contribution in [0, 0.1) is 5.82 Å². The van der Waals surface area contributed by atoms with Crippen LogP contribution in [0.15, 0.2) is 67.0 Å². The Hall–Kier alpha value is -4.07. The van der Waals surface area contributed by atoms with Crippen molar-refractivity contribution in [1.29, 1.82) is 0 Å². The third-order valence-corrected chi connectivity index (χ3v) is 5.12. The third kappa shape index (κ3) is 4.28. The largest absolute Gasteiger partial charge is 0.478 e. The van der Waals surface area contributed by atoms with Crippen LogP contribution in [0.2, 0.25) is 0 Å². The molecule has 1 aromatic heterocycles. The van der Waals surface area contributed by atoms with Crippen LogP contribution < -0.4 is 5.32 Å². The molecule has 0 radical (unpaired) electrons. The number of nitrogens with one attached hydrogen (secondary N) is 1. The first-order valence-electron chi connectivity index (χ1n) is 9.55. The molecule has 0 spiro atoms. The molecule has 0 aliphatic carbocycles. The Kier molecular flexibility index (Phi) is 5.44. The molecule has 4 rings (SSSR count). The van der Waals surface area contributed by atoms with Crippen molar-refractivity contribution in [2.75, 3.05) is 5.32 Å². The molecule has 8 heteroatoms. The highest BCUT2D eigenvalue weighted by Crippen LogP contribution is 2.27. The molecule has 0 bridgehead atoms. The van der Waals surface area contributed by atoms with Crippen molar-refractivity contribution in [3.05, 3.63) is 95.1 Å². The van der Waals surface area contributed by atoms with Crippen LogP contribution >= 0.6 is 0 Å². The smallest absolute Gasteiger partial charge is 0.335 e. The van der Waals surface area contributed by atoms with Gasteiger partial charge in [0, 0.05) is 25.4 Å². The normalized spacial score (nSPS) is 15.8. The topological polar surface area (TPSA) is 99.6 Å². The number of halogens is 1. The number of amides is 2. The number of carbonyl (C=O) groups is 3. The molecule has 2 N–H and O–H groups in total. The standard InChI is InChI=1S/C23H18FN3O4/c24-17-7-8-18-19(11-17)26-21(28)20(10-15-2-1-9-25-12-15)27(22(18)29)13-14-3-5-16(6-4-14)23(30)31/h1-9,11-12,20H,10,13H2,(H,26,28)(H,30,31). The van der Waals surface area contributed by atoms with Gasteiger partial charge in [0.15, 0.2) is 0 Å². The zero-order valence-electron chi connectivity index (χ0n) is 16.3. The Morgan fingerprint density at radius 3 is 2.55 bits per heavy atom. The summed E-state index contributed by atoms with van der Waals surface area (Å²) in [5.41, 5.74) is 1.85. The van der Waals surface area contributed by atoms with Crippen molar-refractivity contribution in [3.63, 3.8) is 0 Å². The van der Waals surface area contributed by atoms with E-state index in [0.717, 1.165) is 11.6 Å². The molecule has 0 saturated carbocycles. The Morgan fingerprint density at radius 2 is 1.87 bits per heavy atom. The van der Waals surface area contributed by atoms with E-state index in [9.17, 15) is 18.8 Å². The van der Waals surface area contributed by atoms with Crippen LogP contribution in [0.25, 0.3) is 0 Å². The van der Waals surface area contributed by atoms with Crippen LogP contribution in [0.1, 0.15) is 31.8 Å². The number of aromatic nitrogens is 1. The second-order valence-corrected chi connectivity index (χ2v) is 7.20. The first-order chi connectivity index (χ1) is 14.9. The Morgan fingerprint density at radius 1 is 1.10 bits per heavy atom. The first-order valence-corrected chi connectivity index (χ1v) is 9.55. The summed E-state index contributed by atoms with van der Waals surface area (Å²) < 4.78 is 13.7. The number of pyridine rings is 1. The molecule has 2 amide bonds. The molecule has 156 valence electrons. The summed E-state index contributed by atoms with van der Waals surface area (Å²) in [7, 11) is 0. The summed E-state index contributed by atoms with van der Waals surface area (Å²) in [6.45, 7) is 0.0773. The quantitative estimate of drug-likeness (QED) is 0.662. The number of rotatable bonds is 5. The lowest BCUT2D eigenvalue weighted by molar-refractivity contribution is -0.120. The number of aromatic carboxylic acids is 1. The van der Waals surface area contributed by atoms with Crippen LogP contribution in [-0.2, 0) is 17.8 Å². The number of carboxylic acid groups (broad SMARTS) is 1. The van der Waals surface area contributed by atoms with Gasteiger partial charge in [0.1, 0.15) is 11.9 Å². The fourth-order valence-electron chi connectivity index (χ4n) is 3.54. The summed E-state index contributed by atoms with van der Waals surface area (Å²) >= 11 is 0. The van der Waals surface area contributed by atoms with Gasteiger partial charge in [-0.2, -0.15) is 0 Å². The summed E-state index contributed by atoms with van der Waals surface area (Å²) in [6.07, 6.45) is 3.45. The lowest BCUT2D eigenvalue weighted by atomic mass is 10.0. The van der Waals surface area contributed by atoms with Gasteiger partial charge in [0.25, 0.3) is 5.91 Å². The maximum Gasteiger partial charge on any atom is 0.335 e. The number of nitrogens with zero attached hydrogens (tertiary/aromatic N) is 2. The van der Waals surface area contributed by atoms with E-state index < -0.39 is 29.6 Å². The van der Waals surface area contributed by atoms with E-state index in [1.54, 1.807) is 30.6 Å². The van der Waals surface area contributed by atoms with Gasteiger partial charge in [-0.1, -0.05) is 18.2 Å². The minimum Gasteiger partial charge on any atom is -0.478 e. The monoisotopic (exact) mass is 419 g/mol. The Balaban J connectivity index is 1.73. The SMILES string of the molecule is O=C(O)c1ccc(CN2C(=O)c3ccc(F)cc3NC(=O)C2Cc2cccnc2)cc1. The van der Waals surface area contributed by atoms with E-state index in [0.29, 0.717) is 5.56 Å². The predicted octanol–water partition coefficient (Wildman–Crippen LogP) is 3.12. The lowest BCUT2D eigenvalue weighted by Gasteiger charge is -2.29. The van der Waals surface area contributed by atoms with Crippen molar-refractivity contribution in [3.8, 4) is 0 Å². The molecule has 7 nitrogen and oxygen atoms in total. The van der Waals surface area contributed by atoms with Crippen LogP contribution in [-0.4, -0.2) is 38.8 Å². The average molecular weight is 419 g/mol. The Bertz CT molecular complexity index is 1150. The average Bonchev–Trinajstić information content (AvgIpc) is 2.85. The van der Waals surface area contributed by atoms with Crippen molar-refractivity contribution < 1.29 is 23.9 Å².